The van der Waals surface area contributed by atoms with E-state index in [0.29, 0.717) is 23.7 Å². The highest BCUT2D eigenvalue weighted by molar-refractivity contribution is 7.91. The highest BCUT2D eigenvalue weighted by atomic mass is 35.5. The van der Waals surface area contributed by atoms with Crippen LogP contribution in [-0.2, 0) is 14.6 Å². The van der Waals surface area contributed by atoms with Crippen LogP contribution in [0, 0.1) is 12.8 Å². The zero-order valence-corrected chi connectivity index (χ0v) is 18.4. The molecular formula is C20H30ClNO4S. The van der Waals surface area contributed by atoms with Crippen LogP contribution in [0.25, 0.3) is 0 Å². The molecule has 5 nitrogen and oxygen atoms in total. The maximum atomic E-state index is 12.9. The molecule has 0 radical (unpaired) electrons. The van der Waals surface area contributed by atoms with Crippen LogP contribution in [0.5, 0.6) is 5.75 Å². The van der Waals surface area contributed by atoms with E-state index in [4.69, 9.17) is 16.3 Å². The van der Waals surface area contributed by atoms with Gasteiger partial charge in [-0.3, -0.25) is 4.79 Å². The van der Waals surface area contributed by atoms with E-state index in [-0.39, 0.29) is 41.9 Å². The summed E-state index contributed by atoms with van der Waals surface area (Å²) in [5.74, 6) is 1.13. The van der Waals surface area contributed by atoms with Gasteiger partial charge in [0.05, 0.1) is 11.5 Å². The van der Waals surface area contributed by atoms with Crippen LogP contribution in [0.2, 0.25) is 5.02 Å². The average Bonchev–Trinajstić information content (AvgIpc) is 2.92. The van der Waals surface area contributed by atoms with Crippen LogP contribution in [0.4, 0.5) is 0 Å². The van der Waals surface area contributed by atoms with Gasteiger partial charge in [-0.05, 0) is 48.4 Å². The number of aryl methyl sites for hydroxylation is 1. The molecule has 7 heteroatoms. The molecule has 0 N–H and O–H groups in total. The molecule has 0 bridgehead atoms. The molecule has 0 saturated carbocycles. The first-order valence-electron chi connectivity index (χ1n) is 9.43. The quantitative estimate of drug-likeness (QED) is 0.679. The first-order chi connectivity index (χ1) is 12.5. The number of carbonyl (C=O) groups is 1. The highest BCUT2D eigenvalue weighted by Gasteiger charge is 2.35. The molecular weight excluding hydrogens is 386 g/mol. The number of hydrogen-bond donors (Lipinski definition) is 0. The second-order valence-electron chi connectivity index (χ2n) is 8.08. The van der Waals surface area contributed by atoms with Crippen LogP contribution in [0.1, 0.15) is 51.2 Å². The number of hydrogen-bond acceptors (Lipinski definition) is 4. The summed E-state index contributed by atoms with van der Waals surface area (Å²) in [6.45, 7) is 10.4. The minimum atomic E-state index is -3.05. The highest BCUT2D eigenvalue weighted by Crippen LogP contribution is 2.32. The molecule has 1 aromatic rings. The summed E-state index contributed by atoms with van der Waals surface area (Å²) in [5.41, 5.74) is 1.85. The van der Waals surface area contributed by atoms with Gasteiger partial charge in [-0.2, -0.15) is 0 Å². The van der Waals surface area contributed by atoms with Gasteiger partial charge >= 0.3 is 0 Å². The van der Waals surface area contributed by atoms with Crippen molar-refractivity contribution in [2.45, 2.75) is 53.0 Å². The van der Waals surface area contributed by atoms with Gasteiger partial charge < -0.3 is 9.64 Å². The third kappa shape index (κ3) is 5.85. The Morgan fingerprint density at radius 1 is 1.30 bits per heavy atom. The summed E-state index contributed by atoms with van der Waals surface area (Å²) in [5, 5.41) is 0.676. The van der Waals surface area contributed by atoms with E-state index in [9.17, 15) is 13.2 Å². The summed E-state index contributed by atoms with van der Waals surface area (Å²) in [4.78, 5) is 14.6. The van der Waals surface area contributed by atoms with Crippen LogP contribution in [-0.4, -0.2) is 49.9 Å². The van der Waals surface area contributed by atoms with Crippen LogP contribution < -0.4 is 4.74 Å². The van der Waals surface area contributed by atoms with Crippen molar-refractivity contribution in [3.05, 3.63) is 28.3 Å². The van der Waals surface area contributed by atoms with E-state index in [0.717, 1.165) is 11.1 Å². The zero-order chi connectivity index (χ0) is 20.4. The van der Waals surface area contributed by atoms with Crippen molar-refractivity contribution < 1.29 is 17.9 Å². The lowest BCUT2D eigenvalue weighted by molar-refractivity contribution is -0.135. The van der Waals surface area contributed by atoms with Crippen molar-refractivity contribution in [3.63, 3.8) is 0 Å². The Labute approximate surface area is 167 Å². The van der Waals surface area contributed by atoms with Gasteiger partial charge in [-0.25, -0.2) is 8.42 Å². The second-order valence-corrected chi connectivity index (χ2v) is 10.7. The lowest BCUT2D eigenvalue weighted by Gasteiger charge is -2.30. The smallest absolute Gasteiger partial charge is 0.260 e. The third-order valence-corrected chi connectivity index (χ3v) is 6.95. The van der Waals surface area contributed by atoms with Crippen LogP contribution >= 0.6 is 11.6 Å². The van der Waals surface area contributed by atoms with Crippen molar-refractivity contribution >= 4 is 27.3 Å². The van der Waals surface area contributed by atoms with Crippen molar-refractivity contribution in [1.82, 2.24) is 4.90 Å². The standard InChI is InChI=1S/C20H30ClNO4S/c1-13(2)10-22(16-6-7-27(24,25)12-16)20(23)11-26-19-8-15(5)18(21)9-17(19)14(3)4/h8-9,13-14,16H,6-7,10-12H2,1-5H3/t16-/m1/s1. The Morgan fingerprint density at radius 3 is 2.48 bits per heavy atom. The van der Waals surface area contributed by atoms with Gasteiger partial charge in [0.25, 0.3) is 5.91 Å². The molecule has 152 valence electrons. The number of nitrogens with zero attached hydrogens (tertiary/aromatic N) is 1. The van der Waals surface area contributed by atoms with E-state index in [2.05, 4.69) is 0 Å². The van der Waals surface area contributed by atoms with E-state index in [1.807, 2.05) is 46.8 Å². The summed E-state index contributed by atoms with van der Waals surface area (Å²) in [7, 11) is -3.05. The molecule has 0 unspecified atom stereocenters. The lowest BCUT2D eigenvalue weighted by Crippen LogP contribution is -2.45. The normalized spacial score (nSPS) is 18.9. The Kier molecular flexibility index (Phi) is 7.20. The zero-order valence-electron chi connectivity index (χ0n) is 16.8. The maximum Gasteiger partial charge on any atom is 0.260 e. The third-order valence-electron chi connectivity index (χ3n) is 4.80. The Bertz CT molecular complexity index is 789. The topological polar surface area (TPSA) is 63.7 Å². The van der Waals surface area contributed by atoms with Crippen LogP contribution in [0.3, 0.4) is 0 Å². The molecule has 0 spiro atoms. The maximum absolute atomic E-state index is 12.9. The van der Waals surface area contributed by atoms with Crippen LogP contribution in [0.15, 0.2) is 12.1 Å². The summed E-state index contributed by atoms with van der Waals surface area (Å²) in [6.07, 6.45) is 0.498. The number of benzene rings is 1. The molecule has 0 aliphatic carbocycles. The molecule has 2 rings (SSSR count). The van der Waals surface area contributed by atoms with Gasteiger partial charge in [0, 0.05) is 17.6 Å². The molecule has 1 fully saturated rings. The molecule has 1 aromatic carbocycles. The minimum Gasteiger partial charge on any atom is -0.483 e. The summed E-state index contributed by atoms with van der Waals surface area (Å²) < 4.78 is 29.6. The van der Waals surface area contributed by atoms with Gasteiger partial charge in [-0.1, -0.05) is 39.3 Å². The van der Waals surface area contributed by atoms with E-state index >= 15 is 0 Å². The summed E-state index contributed by atoms with van der Waals surface area (Å²) in [6, 6.07) is 3.49. The van der Waals surface area contributed by atoms with Gasteiger partial charge in [0.1, 0.15) is 5.75 Å². The minimum absolute atomic E-state index is 0.0444. The molecule has 1 amide bonds. The van der Waals surface area contributed by atoms with Crippen molar-refractivity contribution in [2.75, 3.05) is 24.7 Å². The number of rotatable bonds is 7. The molecule has 1 atom stereocenters. The first-order valence-corrected chi connectivity index (χ1v) is 11.6. The predicted octanol–water partition coefficient (Wildman–Crippen LogP) is 3.82. The van der Waals surface area contributed by atoms with Crippen molar-refractivity contribution in [2.24, 2.45) is 5.92 Å². The van der Waals surface area contributed by atoms with E-state index in [1.165, 1.54) is 0 Å². The molecule has 0 aromatic heterocycles. The Balaban J connectivity index is 2.15. The Hall–Kier alpha value is -1.27. The predicted molar refractivity (Wildman–Crippen MR) is 109 cm³/mol. The lowest BCUT2D eigenvalue weighted by atomic mass is 10.0. The van der Waals surface area contributed by atoms with E-state index in [1.54, 1.807) is 4.90 Å². The molecule has 1 aliphatic rings. The Morgan fingerprint density at radius 2 is 1.96 bits per heavy atom. The number of carbonyl (C=O) groups excluding carboxylic acids is 1. The number of sulfone groups is 1. The number of halogens is 1. The monoisotopic (exact) mass is 415 g/mol. The second kappa shape index (κ2) is 8.82. The van der Waals surface area contributed by atoms with Crippen molar-refractivity contribution in [1.29, 1.82) is 0 Å². The van der Waals surface area contributed by atoms with E-state index < -0.39 is 9.84 Å². The summed E-state index contributed by atoms with van der Waals surface area (Å²) >= 11 is 6.23. The SMILES string of the molecule is Cc1cc(OCC(=O)N(CC(C)C)[C@@H]2CCS(=O)(=O)C2)c(C(C)C)cc1Cl. The fourth-order valence-electron chi connectivity index (χ4n) is 3.34. The largest absolute Gasteiger partial charge is 0.483 e. The molecule has 1 saturated heterocycles. The number of amides is 1. The van der Waals surface area contributed by atoms with Gasteiger partial charge in [0.2, 0.25) is 0 Å². The fourth-order valence-corrected chi connectivity index (χ4v) is 5.24. The molecule has 1 aliphatic heterocycles. The first kappa shape index (κ1) is 22.0. The fraction of sp³-hybridized carbons (Fsp3) is 0.650. The number of ether oxygens (including phenoxy) is 1. The average molecular weight is 416 g/mol. The van der Waals surface area contributed by atoms with Crippen molar-refractivity contribution in [3.8, 4) is 5.75 Å². The molecule has 27 heavy (non-hydrogen) atoms. The molecule has 1 heterocycles. The van der Waals surface area contributed by atoms with Gasteiger partial charge in [-0.15, -0.1) is 0 Å². The van der Waals surface area contributed by atoms with Gasteiger partial charge in [0.15, 0.2) is 16.4 Å².